The molecule has 0 aliphatic heterocycles. The predicted molar refractivity (Wildman–Crippen MR) is 224 cm³/mol. The zero-order valence-electron chi connectivity index (χ0n) is 29.5. The van der Waals surface area contributed by atoms with Gasteiger partial charge in [0.1, 0.15) is 12.1 Å². The quantitative estimate of drug-likeness (QED) is 0.184. The van der Waals surface area contributed by atoms with Crippen molar-refractivity contribution in [2.45, 2.75) is 0 Å². The van der Waals surface area contributed by atoms with E-state index in [1.54, 1.807) is 0 Å². The third-order valence-corrected chi connectivity index (χ3v) is 11.1. The van der Waals surface area contributed by atoms with Crippen LogP contribution in [0.5, 0.6) is 0 Å². The third-order valence-electron chi connectivity index (χ3n) is 11.1. The lowest BCUT2D eigenvalue weighted by molar-refractivity contribution is 1.15. The molecule has 8 aromatic carbocycles. The van der Waals surface area contributed by atoms with Crippen molar-refractivity contribution >= 4 is 65.4 Å². The smallest absolute Gasteiger partial charge is 0.102 e. The fraction of sp³-hybridized carbons (Fsp3) is 0. The summed E-state index contributed by atoms with van der Waals surface area (Å²) < 4.78 is 6.76. The van der Waals surface area contributed by atoms with Crippen molar-refractivity contribution in [1.29, 1.82) is 10.5 Å². The Kier molecular flexibility index (Phi) is 6.61. The van der Waals surface area contributed by atoms with Crippen molar-refractivity contribution in [3.8, 4) is 40.3 Å². The lowest BCUT2D eigenvalue weighted by Gasteiger charge is -2.15. The van der Waals surface area contributed by atoms with E-state index in [-0.39, 0.29) is 0 Å². The van der Waals surface area contributed by atoms with Gasteiger partial charge in [-0.1, -0.05) is 115 Å². The van der Waals surface area contributed by atoms with E-state index >= 15 is 0 Å². The highest BCUT2D eigenvalue weighted by molar-refractivity contribution is 6.13. The Bertz CT molecular complexity index is 3400. The first-order valence-corrected chi connectivity index (χ1v) is 18.3. The minimum absolute atomic E-state index is 0.601. The van der Waals surface area contributed by atoms with E-state index in [0.717, 1.165) is 82.8 Å². The van der Waals surface area contributed by atoms with Crippen molar-refractivity contribution in [2.75, 3.05) is 0 Å². The number of nitriles is 2. The molecule has 0 atom stereocenters. The van der Waals surface area contributed by atoms with Gasteiger partial charge in [0.2, 0.25) is 0 Å². The molecule has 0 amide bonds. The van der Waals surface area contributed by atoms with E-state index in [9.17, 15) is 10.5 Å². The summed E-state index contributed by atoms with van der Waals surface area (Å²) in [5.41, 5.74) is 12.2. The maximum Gasteiger partial charge on any atom is 0.102 e. The summed E-state index contributed by atoms with van der Waals surface area (Å²) in [5.74, 6) is 0. The molecule has 0 aliphatic rings. The number of para-hydroxylation sites is 5. The Morgan fingerprint density at radius 2 is 0.873 bits per heavy atom. The molecule has 11 rings (SSSR count). The van der Waals surface area contributed by atoms with E-state index in [1.165, 1.54) is 10.8 Å². The molecule has 0 unspecified atom stereocenters. The summed E-state index contributed by atoms with van der Waals surface area (Å²) in [6.45, 7) is 0. The highest BCUT2D eigenvalue weighted by atomic mass is 15.0. The topological polar surface area (TPSA) is 62.4 Å². The summed E-state index contributed by atoms with van der Waals surface area (Å²) in [7, 11) is 0. The van der Waals surface area contributed by atoms with Gasteiger partial charge in [0, 0.05) is 49.3 Å². The second-order valence-electron chi connectivity index (χ2n) is 13.9. The largest absolute Gasteiger partial charge is 0.309 e. The molecule has 0 saturated heterocycles. The molecule has 254 valence electrons. The van der Waals surface area contributed by atoms with Crippen LogP contribution in [0.2, 0.25) is 0 Å². The van der Waals surface area contributed by atoms with Crippen LogP contribution in [0.4, 0.5) is 0 Å². The highest BCUT2D eigenvalue weighted by Gasteiger charge is 2.20. The number of fused-ring (bicyclic) bond motifs is 9. The SMILES string of the molecule is N#Cc1c(-c2ccc(-n3c4ccccc4c4cccc(C#N)c43)cc2)cccc1-n1c2ccccc2c2ccc(-n3c4ccccc4c4ccccc43)cc21. The Balaban J connectivity index is 1.10. The van der Waals surface area contributed by atoms with Gasteiger partial charge in [0.15, 0.2) is 0 Å². The van der Waals surface area contributed by atoms with Crippen LogP contribution in [0, 0.1) is 22.7 Å². The van der Waals surface area contributed by atoms with Crippen LogP contribution >= 0.6 is 0 Å². The molecule has 0 radical (unpaired) electrons. The monoisotopic (exact) mass is 699 g/mol. The first-order valence-electron chi connectivity index (χ1n) is 18.3. The number of benzene rings is 8. The highest BCUT2D eigenvalue weighted by Crippen LogP contribution is 2.40. The van der Waals surface area contributed by atoms with E-state index in [4.69, 9.17) is 0 Å². The molecule has 0 aliphatic carbocycles. The van der Waals surface area contributed by atoms with Gasteiger partial charge in [0.25, 0.3) is 0 Å². The summed E-state index contributed by atoms with van der Waals surface area (Å²) in [6, 6.07) is 65.9. The zero-order valence-corrected chi connectivity index (χ0v) is 29.5. The van der Waals surface area contributed by atoms with Gasteiger partial charge in [-0.05, 0) is 66.2 Å². The summed E-state index contributed by atoms with van der Waals surface area (Å²) in [5, 5.41) is 27.9. The Morgan fingerprint density at radius 3 is 1.49 bits per heavy atom. The molecule has 55 heavy (non-hydrogen) atoms. The van der Waals surface area contributed by atoms with Crippen LogP contribution in [-0.2, 0) is 0 Å². The maximum atomic E-state index is 10.9. The molecule has 5 nitrogen and oxygen atoms in total. The van der Waals surface area contributed by atoms with Gasteiger partial charge in [-0.15, -0.1) is 0 Å². The molecular formula is C50H29N5. The summed E-state index contributed by atoms with van der Waals surface area (Å²) >= 11 is 0. The minimum atomic E-state index is 0.601. The van der Waals surface area contributed by atoms with Crippen molar-refractivity contribution in [3.05, 3.63) is 187 Å². The number of rotatable bonds is 4. The molecule has 5 heteroatoms. The van der Waals surface area contributed by atoms with Crippen molar-refractivity contribution in [3.63, 3.8) is 0 Å². The lowest BCUT2D eigenvalue weighted by Crippen LogP contribution is -2.01. The number of hydrogen-bond acceptors (Lipinski definition) is 2. The molecule has 11 aromatic rings. The Hall–Kier alpha value is -7.86. The van der Waals surface area contributed by atoms with Gasteiger partial charge < -0.3 is 13.7 Å². The standard InChI is InChI=1S/C50H29N5/c51-30-33-11-9-17-42-40-15-4-7-20-46(40)54(50(33)42)34-25-23-32(24-26-34)36-16-10-22-48(43(36)31-52)55-47-21-8-3-14-39(47)41-28-27-35(29-49(41)55)53-44-18-5-1-12-37(44)38-13-2-6-19-45(38)53/h1-29H. The molecular weight excluding hydrogens is 671 g/mol. The molecule has 0 spiro atoms. The van der Waals surface area contributed by atoms with Crippen LogP contribution in [0.1, 0.15) is 11.1 Å². The maximum absolute atomic E-state index is 10.9. The first kappa shape index (κ1) is 30.7. The van der Waals surface area contributed by atoms with Gasteiger partial charge in [-0.3, -0.25) is 0 Å². The fourth-order valence-electron chi connectivity index (χ4n) is 8.81. The van der Waals surface area contributed by atoms with E-state index in [2.05, 4.69) is 165 Å². The van der Waals surface area contributed by atoms with E-state index in [1.807, 2.05) is 36.4 Å². The number of hydrogen-bond donors (Lipinski definition) is 0. The zero-order chi connectivity index (χ0) is 36.6. The van der Waals surface area contributed by atoms with Crippen LogP contribution < -0.4 is 0 Å². The first-order chi connectivity index (χ1) is 27.2. The lowest BCUT2D eigenvalue weighted by atomic mass is 9.98. The average Bonchev–Trinajstić information content (AvgIpc) is 3.89. The van der Waals surface area contributed by atoms with Gasteiger partial charge in [0.05, 0.1) is 49.9 Å². The van der Waals surface area contributed by atoms with E-state index < -0.39 is 0 Å². The molecule has 3 aromatic heterocycles. The second-order valence-corrected chi connectivity index (χ2v) is 13.9. The minimum Gasteiger partial charge on any atom is -0.309 e. The fourth-order valence-corrected chi connectivity index (χ4v) is 8.81. The van der Waals surface area contributed by atoms with Crippen LogP contribution in [-0.4, -0.2) is 13.7 Å². The van der Waals surface area contributed by atoms with Crippen molar-refractivity contribution < 1.29 is 0 Å². The Morgan fingerprint density at radius 1 is 0.364 bits per heavy atom. The van der Waals surface area contributed by atoms with Crippen LogP contribution in [0.3, 0.4) is 0 Å². The van der Waals surface area contributed by atoms with Crippen molar-refractivity contribution in [2.24, 2.45) is 0 Å². The molecule has 0 fully saturated rings. The molecule has 3 heterocycles. The molecule has 0 bridgehead atoms. The van der Waals surface area contributed by atoms with Gasteiger partial charge in [-0.2, -0.15) is 10.5 Å². The third kappa shape index (κ3) is 4.39. The predicted octanol–water partition coefficient (Wildman–Crippen LogP) is 12.4. The molecule has 0 N–H and O–H groups in total. The summed E-state index contributed by atoms with van der Waals surface area (Å²) in [6.07, 6.45) is 0. The Labute approximate surface area is 316 Å². The van der Waals surface area contributed by atoms with Crippen LogP contribution in [0.15, 0.2) is 176 Å². The van der Waals surface area contributed by atoms with Gasteiger partial charge in [-0.25, -0.2) is 0 Å². The second kappa shape index (κ2) is 11.8. The van der Waals surface area contributed by atoms with Crippen LogP contribution in [0.25, 0.3) is 93.6 Å². The van der Waals surface area contributed by atoms with Crippen molar-refractivity contribution in [1.82, 2.24) is 13.7 Å². The molecule has 0 saturated carbocycles. The number of nitrogens with zero attached hydrogens (tertiary/aromatic N) is 5. The average molecular weight is 700 g/mol. The van der Waals surface area contributed by atoms with Gasteiger partial charge >= 0.3 is 0 Å². The number of aromatic nitrogens is 3. The van der Waals surface area contributed by atoms with E-state index in [0.29, 0.717) is 11.1 Å². The summed E-state index contributed by atoms with van der Waals surface area (Å²) in [4.78, 5) is 0. The normalized spacial score (nSPS) is 11.6.